The summed E-state index contributed by atoms with van der Waals surface area (Å²) in [5, 5.41) is 7.34. The number of hydrogen-bond donors (Lipinski definition) is 1. The molecular weight excluding hydrogens is 375 g/mol. The normalized spacial score (nSPS) is 14.3. The lowest BCUT2D eigenvalue weighted by Crippen LogP contribution is -2.35. The number of methoxy groups -OCH3 is 1. The van der Waals surface area contributed by atoms with Crippen molar-refractivity contribution in [3.05, 3.63) is 29.6 Å². The Bertz CT molecular complexity index is 789. The van der Waals surface area contributed by atoms with E-state index in [-0.39, 0.29) is 24.1 Å². The molecule has 0 saturated carbocycles. The van der Waals surface area contributed by atoms with Gasteiger partial charge in [0.25, 0.3) is 5.91 Å². The summed E-state index contributed by atoms with van der Waals surface area (Å²) in [7, 11) is 4.99. The van der Waals surface area contributed by atoms with Crippen LogP contribution in [0.2, 0.25) is 0 Å². The smallest absolute Gasteiger partial charge is 0.261 e. The van der Waals surface area contributed by atoms with Gasteiger partial charge in [0.05, 0.1) is 7.11 Å². The van der Waals surface area contributed by atoms with Crippen LogP contribution in [-0.4, -0.2) is 63.3 Å². The Hall–Kier alpha value is -2.32. The summed E-state index contributed by atoms with van der Waals surface area (Å²) in [5.41, 5.74) is 0.922. The summed E-state index contributed by atoms with van der Waals surface area (Å²) >= 11 is 0. The van der Waals surface area contributed by atoms with E-state index >= 15 is 0 Å². The number of rotatable bonds is 4. The summed E-state index contributed by atoms with van der Waals surface area (Å²) < 4.78 is 24.3. The SMILES string of the molecule is COc1cc(-c2onc(N(C)C)c2C(=O)N2CCCNCC2)ccc1F.Cl. The van der Waals surface area contributed by atoms with Gasteiger partial charge in [0.2, 0.25) is 0 Å². The second-order valence-corrected chi connectivity index (χ2v) is 6.35. The van der Waals surface area contributed by atoms with Crippen molar-refractivity contribution in [1.29, 1.82) is 0 Å². The van der Waals surface area contributed by atoms with Gasteiger partial charge in [-0.25, -0.2) is 4.39 Å². The van der Waals surface area contributed by atoms with Gasteiger partial charge in [-0.2, -0.15) is 0 Å². The highest BCUT2D eigenvalue weighted by molar-refractivity contribution is 6.04. The molecule has 1 saturated heterocycles. The molecule has 0 unspecified atom stereocenters. The van der Waals surface area contributed by atoms with E-state index in [4.69, 9.17) is 9.26 Å². The molecule has 7 nitrogen and oxygen atoms in total. The molecule has 148 valence electrons. The maximum atomic E-state index is 13.8. The Balaban J connectivity index is 0.00000261. The van der Waals surface area contributed by atoms with Crippen molar-refractivity contribution in [2.45, 2.75) is 6.42 Å². The Morgan fingerprint density at radius 1 is 1.33 bits per heavy atom. The minimum Gasteiger partial charge on any atom is -0.494 e. The van der Waals surface area contributed by atoms with Crippen LogP contribution in [-0.2, 0) is 0 Å². The third kappa shape index (κ3) is 4.33. The number of carbonyl (C=O) groups excluding carboxylic acids is 1. The number of hydrogen-bond acceptors (Lipinski definition) is 6. The van der Waals surface area contributed by atoms with Crippen LogP contribution in [0.3, 0.4) is 0 Å². The molecule has 2 aromatic rings. The van der Waals surface area contributed by atoms with Gasteiger partial charge in [0.1, 0.15) is 5.56 Å². The van der Waals surface area contributed by atoms with Gasteiger partial charge in [0.15, 0.2) is 23.1 Å². The lowest BCUT2D eigenvalue weighted by atomic mass is 10.1. The Morgan fingerprint density at radius 3 is 2.81 bits per heavy atom. The highest BCUT2D eigenvalue weighted by atomic mass is 35.5. The van der Waals surface area contributed by atoms with E-state index < -0.39 is 5.82 Å². The predicted molar refractivity (Wildman–Crippen MR) is 103 cm³/mol. The molecular formula is C18H24ClFN4O3. The van der Waals surface area contributed by atoms with Gasteiger partial charge in [-0.3, -0.25) is 4.79 Å². The van der Waals surface area contributed by atoms with Crippen molar-refractivity contribution in [3.63, 3.8) is 0 Å². The maximum Gasteiger partial charge on any atom is 0.261 e. The van der Waals surface area contributed by atoms with Crippen LogP contribution in [0.1, 0.15) is 16.8 Å². The molecule has 9 heteroatoms. The summed E-state index contributed by atoms with van der Waals surface area (Å²) in [6, 6.07) is 4.35. The zero-order valence-corrected chi connectivity index (χ0v) is 16.4. The molecule has 0 spiro atoms. The molecule has 0 bridgehead atoms. The number of anilines is 1. The number of nitrogens with one attached hydrogen (secondary N) is 1. The van der Waals surface area contributed by atoms with Crippen molar-refractivity contribution in [1.82, 2.24) is 15.4 Å². The minimum absolute atomic E-state index is 0. The highest BCUT2D eigenvalue weighted by Crippen LogP contribution is 2.34. The van der Waals surface area contributed by atoms with E-state index in [1.54, 1.807) is 30.0 Å². The highest BCUT2D eigenvalue weighted by Gasteiger charge is 2.29. The third-order valence-electron chi connectivity index (χ3n) is 4.35. The quantitative estimate of drug-likeness (QED) is 0.852. The van der Waals surface area contributed by atoms with Gasteiger partial charge in [0, 0.05) is 39.3 Å². The van der Waals surface area contributed by atoms with Crippen molar-refractivity contribution >= 4 is 24.1 Å². The first-order chi connectivity index (χ1) is 12.5. The summed E-state index contributed by atoms with van der Waals surface area (Å²) in [5.74, 6) is 0.231. The number of benzene rings is 1. The summed E-state index contributed by atoms with van der Waals surface area (Å²) in [6.07, 6.45) is 0.883. The zero-order chi connectivity index (χ0) is 18.7. The standard InChI is InChI=1S/C18H23FN4O3.ClH/c1-22(2)17-15(18(24)23-9-4-7-20-8-10-23)16(26-21-17)12-5-6-13(19)14(11-12)25-3;/h5-6,11,20H,4,7-10H2,1-3H3;1H. The molecule has 1 aromatic heterocycles. The molecule has 0 radical (unpaired) electrons. The van der Waals surface area contributed by atoms with Gasteiger partial charge in [-0.15, -0.1) is 12.4 Å². The molecule has 1 aliphatic rings. The first-order valence-corrected chi connectivity index (χ1v) is 8.54. The van der Waals surface area contributed by atoms with Crippen LogP contribution in [0.15, 0.2) is 22.7 Å². The fourth-order valence-corrected chi connectivity index (χ4v) is 2.98. The average molecular weight is 399 g/mol. The van der Waals surface area contributed by atoms with Crippen LogP contribution in [0, 0.1) is 5.82 Å². The molecule has 2 heterocycles. The molecule has 1 fully saturated rings. The molecule has 0 aliphatic carbocycles. The number of amides is 1. The first-order valence-electron chi connectivity index (χ1n) is 8.54. The van der Waals surface area contributed by atoms with E-state index in [2.05, 4.69) is 10.5 Å². The number of ether oxygens (including phenoxy) is 1. The Morgan fingerprint density at radius 2 is 2.11 bits per heavy atom. The van der Waals surface area contributed by atoms with Crippen molar-refractivity contribution < 1.29 is 18.4 Å². The minimum atomic E-state index is -0.477. The maximum absolute atomic E-state index is 13.8. The predicted octanol–water partition coefficient (Wildman–Crippen LogP) is 2.41. The monoisotopic (exact) mass is 398 g/mol. The molecule has 1 amide bonds. The van der Waals surface area contributed by atoms with Crippen LogP contribution in [0.4, 0.5) is 10.2 Å². The van der Waals surface area contributed by atoms with Crippen molar-refractivity contribution in [2.75, 3.05) is 52.3 Å². The van der Waals surface area contributed by atoms with Gasteiger partial charge >= 0.3 is 0 Å². The molecule has 1 N–H and O–H groups in total. The topological polar surface area (TPSA) is 70.8 Å². The van der Waals surface area contributed by atoms with Gasteiger partial charge in [-0.05, 0) is 31.2 Å². The zero-order valence-electron chi connectivity index (χ0n) is 15.6. The van der Waals surface area contributed by atoms with Crippen LogP contribution in [0.5, 0.6) is 5.75 Å². The van der Waals surface area contributed by atoms with Crippen molar-refractivity contribution in [3.8, 4) is 17.1 Å². The molecule has 0 atom stereocenters. The van der Waals surface area contributed by atoms with E-state index in [1.807, 2.05) is 0 Å². The Kier molecular flexibility index (Phi) is 7.04. The number of halogens is 2. The van der Waals surface area contributed by atoms with E-state index in [9.17, 15) is 9.18 Å². The fourth-order valence-electron chi connectivity index (χ4n) is 2.98. The van der Waals surface area contributed by atoms with Crippen LogP contribution in [0.25, 0.3) is 11.3 Å². The number of nitrogens with zero attached hydrogens (tertiary/aromatic N) is 3. The lowest BCUT2D eigenvalue weighted by Gasteiger charge is -2.21. The van der Waals surface area contributed by atoms with Gasteiger partial charge in [-0.1, -0.05) is 5.16 Å². The summed E-state index contributed by atoms with van der Waals surface area (Å²) in [6.45, 7) is 2.91. The lowest BCUT2D eigenvalue weighted by molar-refractivity contribution is 0.0767. The van der Waals surface area contributed by atoms with Gasteiger partial charge < -0.3 is 24.4 Å². The number of aromatic nitrogens is 1. The first kappa shape index (κ1) is 21.0. The van der Waals surface area contributed by atoms with E-state index in [0.717, 1.165) is 19.5 Å². The van der Waals surface area contributed by atoms with Crippen LogP contribution < -0.4 is 15.0 Å². The second kappa shape index (κ2) is 9.05. The fraction of sp³-hybridized carbons (Fsp3) is 0.444. The molecule has 27 heavy (non-hydrogen) atoms. The van der Waals surface area contributed by atoms with E-state index in [1.165, 1.54) is 19.2 Å². The summed E-state index contributed by atoms with van der Waals surface area (Å²) in [4.78, 5) is 16.7. The van der Waals surface area contributed by atoms with Crippen LogP contribution >= 0.6 is 12.4 Å². The molecule has 3 rings (SSSR count). The molecule has 1 aromatic carbocycles. The number of carbonyl (C=O) groups is 1. The molecule has 1 aliphatic heterocycles. The largest absolute Gasteiger partial charge is 0.494 e. The van der Waals surface area contributed by atoms with E-state index in [0.29, 0.717) is 35.8 Å². The Labute approximate surface area is 163 Å². The van der Waals surface area contributed by atoms with Crippen molar-refractivity contribution in [2.24, 2.45) is 0 Å². The second-order valence-electron chi connectivity index (χ2n) is 6.35. The average Bonchev–Trinajstić information content (AvgIpc) is 2.89. The third-order valence-corrected chi connectivity index (χ3v) is 4.35.